The van der Waals surface area contributed by atoms with E-state index < -0.39 is 0 Å². The number of carbonyl (C=O) groups excluding carboxylic acids is 1. The second-order valence-corrected chi connectivity index (χ2v) is 5.40. The summed E-state index contributed by atoms with van der Waals surface area (Å²) in [6.45, 7) is 16.7. The predicted molar refractivity (Wildman–Crippen MR) is 94.3 cm³/mol. The van der Waals surface area contributed by atoms with E-state index in [1.165, 1.54) is 25.7 Å². The van der Waals surface area contributed by atoms with Crippen molar-refractivity contribution >= 4 is 5.78 Å². The van der Waals surface area contributed by atoms with Crippen molar-refractivity contribution in [2.24, 2.45) is 11.8 Å². The maximum absolute atomic E-state index is 11.0. The van der Waals surface area contributed by atoms with Crippen LogP contribution in [-0.4, -0.2) is 5.78 Å². The van der Waals surface area contributed by atoms with E-state index in [1.54, 1.807) is 0 Å². The van der Waals surface area contributed by atoms with Gasteiger partial charge in [-0.05, 0) is 18.3 Å². The number of rotatable bonds is 5. The molecule has 0 radical (unpaired) electrons. The average molecular weight is 287 g/mol. The largest absolute Gasteiger partial charge is 0.300 e. The molecule has 1 rings (SSSR count). The lowest BCUT2D eigenvalue weighted by Crippen LogP contribution is -2.03. The quantitative estimate of drug-likeness (QED) is 0.529. The van der Waals surface area contributed by atoms with Crippen molar-refractivity contribution in [3.8, 4) is 0 Å². The Bertz CT molecular complexity index is 169. The van der Waals surface area contributed by atoms with Gasteiger partial charge in [-0.2, -0.15) is 0 Å². The van der Waals surface area contributed by atoms with Gasteiger partial charge in [-0.1, -0.05) is 87.5 Å². The third-order valence-electron chi connectivity index (χ3n) is 3.45. The summed E-state index contributed by atoms with van der Waals surface area (Å²) in [4.78, 5) is 11.0. The molecule has 0 aromatic heterocycles. The van der Waals surface area contributed by atoms with Gasteiger partial charge >= 0.3 is 0 Å². The van der Waals surface area contributed by atoms with Crippen LogP contribution < -0.4 is 0 Å². The molecule has 0 aromatic carbocycles. The third-order valence-corrected chi connectivity index (χ3v) is 3.45. The smallest absolute Gasteiger partial charge is 0.133 e. The lowest BCUT2D eigenvalue weighted by Gasteiger charge is -2.05. The van der Waals surface area contributed by atoms with Crippen molar-refractivity contribution in [2.45, 2.75) is 107 Å². The minimum atomic E-state index is 0.428. The molecule has 124 valence electrons. The molecule has 1 atom stereocenters. The Labute approximate surface area is 129 Å². The van der Waals surface area contributed by atoms with E-state index >= 15 is 0 Å². The Kier molecular flexibility index (Phi) is 25.9. The van der Waals surface area contributed by atoms with Crippen molar-refractivity contribution in [2.75, 3.05) is 0 Å². The fraction of sp³-hybridized carbons (Fsp3) is 0.947. The molecule has 1 fully saturated rings. The van der Waals surface area contributed by atoms with Crippen LogP contribution in [-0.2, 0) is 4.79 Å². The first-order valence-corrected chi connectivity index (χ1v) is 9.11. The lowest BCUT2D eigenvalue weighted by atomic mass is 10.0. The third kappa shape index (κ3) is 20.0. The highest BCUT2D eigenvalue weighted by Gasteiger charge is 2.07. The van der Waals surface area contributed by atoms with Crippen LogP contribution in [0.25, 0.3) is 0 Å². The van der Waals surface area contributed by atoms with Gasteiger partial charge in [0, 0.05) is 12.8 Å². The van der Waals surface area contributed by atoms with Gasteiger partial charge in [-0.15, -0.1) is 0 Å². The molecule has 0 amide bonds. The standard InChI is InChI=1S/C9H18O.C6H12.2C2H6/c1-4-6-9(10)7-8(3)5-2;1-6-4-2-3-5-6;2*1-2/h8H,4-7H2,1-3H3;6H,2-5H2,1H3;2*1-2H3/t8-;;;/m1.../s1. The molecular weight excluding hydrogens is 244 g/mol. The summed E-state index contributed by atoms with van der Waals surface area (Å²) in [5, 5.41) is 0. The number of hydrogen-bond acceptors (Lipinski definition) is 1. The molecule has 1 heteroatoms. The topological polar surface area (TPSA) is 17.1 Å². The zero-order valence-electron chi connectivity index (χ0n) is 15.7. The summed E-state index contributed by atoms with van der Waals surface area (Å²) >= 11 is 0. The van der Waals surface area contributed by atoms with E-state index in [4.69, 9.17) is 0 Å². The van der Waals surface area contributed by atoms with Crippen LogP contribution >= 0.6 is 0 Å². The van der Waals surface area contributed by atoms with Crippen LogP contribution in [0, 0.1) is 11.8 Å². The Balaban J connectivity index is -0.000000245. The van der Waals surface area contributed by atoms with Crippen LogP contribution in [0.3, 0.4) is 0 Å². The Morgan fingerprint density at radius 3 is 1.75 bits per heavy atom. The summed E-state index contributed by atoms with van der Waals surface area (Å²) in [5.41, 5.74) is 0. The summed E-state index contributed by atoms with van der Waals surface area (Å²) < 4.78 is 0. The number of Topliss-reactive ketones (excluding diaryl/α,β-unsaturated/α-hetero) is 1. The second-order valence-electron chi connectivity index (χ2n) is 5.40. The normalized spacial score (nSPS) is 14.8. The van der Waals surface area contributed by atoms with Crippen LogP contribution in [0.4, 0.5) is 0 Å². The molecule has 0 saturated heterocycles. The summed E-state index contributed by atoms with van der Waals surface area (Å²) in [6.07, 6.45) is 9.61. The van der Waals surface area contributed by atoms with Gasteiger partial charge in [0.05, 0.1) is 0 Å². The summed E-state index contributed by atoms with van der Waals surface area (Å²) in [7, 11) is 0. The van der Waals surface area contributed by atoms with Crippen LogP contribution in [0.2, 0.25) is 0 Å². The first-order valence-electron chi connectivity index (χ1n) is 9.11. The van der Waals surface area contributed by atoms with Crippen LogP contribution in [0.5, 0.6) is 0 Å². The van der Waals surface area contributed by atoms with E-state index in [1.807, 2.05) is 27.7 Å². The van der Waals surface area contributed by atoms with Crippen LogP contribution in [0.15, 0.2) is 0 Å². The zero-order valence-corrected chi connectivity index (χ0v) is 15.7. The van der Waals surface area contributed by atoms with Gasteiger partial charge in [-0.25, -0.2) is 0 Å². The first-order chi connectivity index (χ1) is 9.60. The molecule has 1 aliphatic carbocycles. The zero-order chi connectivity index (χ0) is 16.4. The minimum Gasteiger partial charge on any atom is -0.300 e. The fourth-order valence-corrected chi connectivity index (χ4v) is 2.04. The minimum absolute atomic E-state index is 0.428. The molecule has 0 unspecified atom stereocenters. The van der Waals surface area contributed by atoms with Gasteiger partial charge in [-0.3, -0.25) is 4.79 Å². The lowest BCUT2D eigenvalue weighted by molar-refractivity contribution is -0.119. The maximum Gasteiger partial charge on any atom is 0.133 e. The van der Waals surface area contributed by atoms with Gasteiger partial charge in [0.25, 0.3) is 0 Å². The van der Waals surface area contributed by atoms with Gasteiger partial charge < -0.3 is 0 Å². The summed E-state index contributed by atoms with van der Waals surface area (Å²) in [6, 6.07) is 0. The van der Waals surface area contributed by atoms with E-state index in [0.717, 1.165) is 31.6 Å². The highest BCUT2D eigenvalue weighted by molar-refractivity contribution is 5.78. The Morgan fingerprint density at radius 1 is 1.05 bits per heavy atom. The molecule has 0 N–H and O–H groups in total. The molecule has 1 nitrogen and oxygen atoms in total. The van der Waals surface area contributed by atoms with Crippen LogP contribution in [0.1, 0.15) is 107 Å². The van der Waals surface area contributed by atoms with Gasteiger partial charge in [0.2, 0.25) is 0 Å². The van der Waals surface area contributed by atoms with Crippen molar-refractivity contribution < 1.29 is 4.79 Å². The molecule has 0 aliphatic heterocycles. The first kappa shape index (κ1) is 24.7. The second kappa shape index (κ2) is 21.0. The molecule has 0 spiro atoms. The Hall–Kier alpha value is -0.330. The average Bonchev–Trinajstić information content (AvgIpc) is 2.95. The van der Waals surface area contributed by atoms with Gasteiger partial charge in [0.1, 0.15) is 5.78 Å². The maximum atomic E-state index is 11.0. The molecular formula is C19H42O. The predicted octanol–water partition coefficient (Wildman–Crippen LogP) is 7.04. The fourth-order valence-electron chi connectivity index (χ4n) is 2.04. The van der Waals surface area contributed by atoms with E-state index in [9.17, 15) is 4.79 Å². The molecule has 20 heavy (non-hydrogen) atoms. The molecule has 1 saturated carbocycles. The molecule has 1 aliphatic rings. The van der Waals surface area contributed by atoms with Crippen molar-refractivity contribution in [1.29, 1.82) is 0 Å². The molecule has 0 heterocycles. The molecule has 0 bridgehead atoms. The Morgan fingerprint density at radius 2 is 1.50 bits per heavy atom. The van der Waals surface area contributed by atoms with E-state index in [-0.39, 0.29) is 0 Å². The van der Waals surface area contributed by atoms with E-state index in [0.29, 0.717) is 11.7 Å². The van der Waals surface area contributed by atoms with Crippen molar-refractivity contribution in [1.82, 2.24) is 0 Å². The number of hydrogen-bond donors (Lipinski definition) is 0. The highest BCUT2D eigenvalue weighted by atomic mass is 16.1. The van der Waals surface area contributed by atoms with Crippen molar-refractivity contribution in [3.63, 3.8) is 0 Å². The number of ketones is 1. The van der Waals surface area contributed by atoms with Gasteiger partial charge in [0.15, 0.2) is 0 Å². The SMILES string of the molecule is CC.CC.CC1CCCC1.CCCC(=O)C[C@H](C)CC. The molecule has 0 aromatic rings. The van der Waals surface area contributed by atoms with E-state index in [2.05, 4.69) is 27.7 Å². The van der Waals surface area contributed by atoms with Crippen molar-refractivity contribution in [3.05, 3.63) is 0 Å². The summed E-state index contributed by atoms with van der Waals surface area (Å²) in [5.74, 6) is 2.06. The number of carbonyl (C=O) groups is 1. The monoisotopic (exact) mass is 286 g/mol. The highest BCUT2D eigenvalue weighted by Crippen LogP contribution is 2.22.